The number of hydrogen-bond acceptors (Lipinski definition) is 4. The lowest BCUT2D eigenvalue weighted by atomic mass is 10.1. The van der Waals surface area contributed by atoms with Crippen LogP contribution in [0, 0.1) is 5.92 Å². The predicted molar refractivity (Wildman–Crippen MR) is 94.9 cm³/mol. The Kier molecular flexibility index (Phi) is 6.35. The number of carbonyl (C=O) groups excluding carboxylic acids is 1. The minimum atomic E-state index is -0.189. The van der Waals surface area contributed by atoms with E-state index in [0.717, 1.165) is 24.1 Å². The number of nitrogens with one attached hydrogen (secondary N) is 2. The molecule has 0 saturated carbocycles. The van der Waals surface area contributed by atoms with Crippen molar-refractivity contribution in [3.8, 4) is 11.5 Å². The maximum Gasteiger partial charge on any atom is 0.319 e. The van der Waals surface area contributed by atoms with Gasteiger partial charge in [0.1, 0.15) is 0 Å². The summed E-state index contributed by atoms with van der Waals surface area (Å²) in [6, 6.07) is 7.16. The molecule has 2 N–H and O–H groups in total. The highest BCUT2D eigenvalue weighted by molar-refractivity contribution is 5.89. The molecule has 6 heteroatoms. The number of amides is 2. The molecule has 1 aromatic heterocycles. The van der Waals surface area contributed by atoms with Crippen LogP contribution in [-0.4, -0.2) is 22.7 Å². The van der Waals surface area contributed by atoms with Gasteiger partial charge < -0.3 is 15.2 Å². The first kappa shape index (κ1) is 18.0. The summed E-state index contributed by atoms with van der Waals surface area (Å²) in [5.74, 6) is 2.06. The van der Waals surface area contributed by atoms with Gasteiger partial charge in [-0.2, -0.15) is 4.98 Å². The number of anilines is 1. The Morgan fingerprint density at radius 2 is 1.88 bits per heavy atom. The molecule has 1 heterocycles. The van der Waals surface area contributed by atoms with E-state index in [-0.39, 0.29) is 11.9 Å². The summed E-state index contributed by atoms with van der Waals surface area (Å²) in [6.07, 6.45) is 2.09. The Bertz CT molecular complexity index is 647. The van der Waals surface area contributed by atoms with Gasteiger partial charge >= 0.3 is 6.03 Å². The molecule has 0 aliphatic heterocycles. The molecular weight excluding hydrogens is 304 g/mol. The van der Waals surface area contributed by atoms with Gasteiger partial charge in [-0.25, -0.2) is 4.79 Å². The molecule has 24 heavy (non-hydrogen) atoms. The molecule has 0 saturated heterocycles. The van der Waals surface area contributed by atoms with E-state index in [1.165, 1.54) is 0 Å². The van der Waals surface area contributed by atoms with E-state index in [1.54, 1.807) is 0 Å². The van der Waals surface area contributed by atoms with Gasteiger partial charge in [0.25, 0.3) is 5.89 Å². The number of aromatic nitrogens is 2. The molecule has 0 bridgehead atoms. The van der Waals surface area contributed by atoms with E-state index >= 15 is 0 Å². The highest BCUT2D eigenvalue weighted by Crippen LogP contribution is 2.21. The third-order valence-corrected chi connectivity index (χ3v) is 3.59. The molecule has 0 aliphatic rings. The smallest absolute Gasteiger partial charge is 0.319 e. The number of benzene rings is 1. The van der Waals surface area contributed by atoms with Gasteiger partial charge in [0.15, 0.2) is 5.82 Å². The summed E-state index contributed by atoms with van der Waals surface area (Å²) < 4.78 is 5.26. The molecule has 6 nitrogen and oxygen atoms in total. The summed E-state index contributed by atoms with van der Waals surface area (Å²) in [5.41, 5.74) is 1.56. The number of urea groups is 1. The van der Waals surface area contributed by atoms with Crippen LogP contribution in [0.4, 0.5) is 10.5 Å². The van der Waals surface area contributed by atoms with Gasteiger partial charge in [0.05, 0.1) is 0 Å². The minimum absolute atomic E-state index is 0.189. The second-order valence-corrected chi connectivity index (χ2v) is 6.61. The molecule has 130 valence electrons. The second-order valence-electron chi connectivity index (χ2n) is 6.61. The zero-order chi connectivity index (χ0) is 17.5. The number of rotatable bonds is 7. The maximum absolute atomic E-state index is 11.8. The summed E-state index contributed by atoms with van der Waals surface area (Å²) in [5, 5.41) is 9.62. The van der Waals surface area contributed by atoms with Crippen LogP contribution in [0.5, 0.6) is 0 Å². The first-order valence-corrected chi connectivity index (χ1v) is 8.44. The maximum atomic E-state index is 11.8. The van der Waals surface area contributed by atoms with Crippen LogP contribution < -0.4 is 10.6 Å². The molecule has 1 aromatic carbocycles. The van der Waals surface area contributed by atoms with E-state index < -0.39 is 0 Å². The Balaban J connectivity index is 1.86. The monoisotopic (exact) mass is 330 g/mol. The SMILES string of the molecule is CC(C)CCCNC(=O)Nc1ccc(-c2nc(C(C)C)no2)cc1. The molecule has 0 radical (unpaired) electrons. The van der Waals surface area contributed by atoms with Crippen molar-refractivity contribution >= 4 is 11.7 Å². The summed E-state index contributed by atoms with van der Waals surface area (Å²) in [4.78, 5) is 16.2. The largest absolute Gasteiger partial charge is 0.338 e. The van der Waals surface area contributed by atoms with Crippen molar-refractivity contribution in [2.45, 2.75) is 46.5 Å². The van der Waals surface area contributed by atoms with E-state index in [0.29, 0.717) is 24.2 Å². The first-order valence-electron chi connectivity index (χ1n) is 8.44. The quantitative estimate of drug-likeness (QED) is 0.737. The fourth-order valence-electron chi connectivity index (χ4n) is 2.17. The Morgan fingerprint density at radius 1 is 1.17 bits per heavy atom. The topological polar surface area (TPSA) is 80.0 Å². The van der Waals surface area contributed by atoms with Crippen LogP contribution >= 0.6 is 0 Å². The van der Waals surface area contributed by atoms with Crippen LogP contribution in [-0.2, 0) is 0 Å². The molecule has 2 aromatic rings. The lowest BCUT2D eigenvalue weighted by Crippen LogP contribution is -2.29. The summed E-state index contributed by atoms with van der Waals surface area (Å²) in [7, 11) is 0. The fourth-order valence-corrected chi connectivity index (χ4v) is 2.17. The van der Waals surface area contributed by atoms with Crippen molar-refractivity contribution in [2.75, 3.05) is 11.9 Å². The summed E-state index contributed by atoms with van der Waals surface area (Å²) >= 11 is 0. The zero-order valence-electron chi connectivity index (χ0n) is 14.8. The lowest BCUT2D eigenvalue weighted by Gasteiger charge is -2.08. The van der Waals surface area contributed by atoms with E-state index in [2.05, 4.69) is 34.6 Å². The highest BCUT2D eigenvalue weighted by Gasteiger charge is 2.11. The molecule has 0 aliphatic carbocycles. The molecular formula is C18H26N4O2. The van der Waals surface area contributed by atoms with Crippen LogP contribution in [0.2, 0.25) is 0 Å². The molecule has 0 spiro atoms. The van der Waals surface area contributed by atoms with Crippen molar-refractivity contribution in [3.05, 3.63) is 30.1 Å². The van der Waals surface area contributed by atoms with Gasteiger partial charge in [0, 0.05) is 23.7 Å². The highest BCUT2D eigenvalue weighted by atomic mass is 16.5. The average molecular weight is 330 g/mol. The third kappa shape index (κ3) is 5.37. The molecule has 0 fully saturated rings. The number of hydrogen-bond donors (Lipinski definition) is 2. The van der Waals surface area contributed by atoms with Gasteiger partial charge in [0.2, 0.25) is 0 Å². The van der Waals surface area contributed by atoms with Crippen LogP contribution in [0.1, 0.15) is 52.3 Å². The van der Waals surface area contributed by atoms with Crippen LogP contribution in [0.15, 0.2) is 28.8 Å². The molecule has 0 atom stereocenters. The van der Waals surface area contributed by atoms with Crippen molar-refractivity contribution in [1.29, 1.82) is 0 Å². The van der Waals surface area contributed by atoms with E-state index in [9.17, 15) is 4.79 Å². The van der Waals surface area contributed by atoms with Crippen LogP contribution in [0.3, 0.4) is 0 Å². The zero-order valence-corrected chi connectivity index (χ0v) is 14.8. The number of nitrogens with zero attached hydrogens (tertiary/aromatic N) is 2. The third-order valence-electron chi connectivity index (χ3n) is 3.59. The van der Waals surface area contributed by atoms with E-state index in [1.807, 2.05) is 38.1 Å². The average Bonchev–Trinajstić information content (AvgIpc) is 3.02. The Labute approximate surface area is 143 Å². The minimum Gasteiger partial charge on any atom is -0.338 e. The van der Waals surface area contributed by atoms with Crippen molar-refractivity contribution < 1.29 is 9.32 Å². The Morgan fingerprint density at radius 3 is 2.46 bits per heavy atom. The van der Waals surface area contributed by atoms with Gasteiger partial charge in [-0.05, 0) is 43.0 Å². The fraction of sp³-hybridized carbons (Fsp3) is 0.500. The Hall–Kier alpha value is -2.37. The molecule has 2 amide bonds. The first-order chi connectivity index (χ1) is 11.5. The van der Waals surface area contributed by atoms with Crippen LogP contribution in [0.25, 0.3) is 11.5 Å². The van der Waals surface area contributed by atoms with Crippen molar-refractivity contribution in [2.24, 2.45) is 5.92 Å². The van der Waals surface area contributed by atoms with Crippen molar-refractivity contribution in [1.82, 2.24) is 15.5 Å². The summed E-state index contributed by atoms with van der Waals surface area (Å²) in [6.45, 7) is 9.06. The predicted octanol–water partition coefficient (Wildman–Crippen LogP) is 4.42. The lowest BCUT2D eigenvalue weighted by molar-refractivity contribution is 0.251. The second kappa shape index (κ2) is 8.47. The van der Waals surface area contributed by atoms with Gasteiger partial charge in [-0.15, -0.1) is 0 Å². The van der Waals surface area contributed by atoms with Gasteiger partial charge in [-0.1, -0.05) is 32.9 Å². The number of carbonyl (C=O) groups is 1. The normalized spacial score (nSPS) is 11.1. The van der Waals surface area contributed by atoms with E-state index in [4.69, 9.17) is 4.52 Å². The standard InChI is InChI=1S/C18H26N4O2/c1-12(2)6-5-11-19-18(23)20-15-9-7-14(8-10-15)17-21-16(13(3)4)22-24-17/h7-10,12-13H,5-6,11H2,1-4H3,(H2,19,20,23). The van der Waals surface area contributed by atoms with Gasteiger partial charge in [-0.3, -0.25) is 0 Å². The van der Waals surface area contributed by atoms with Crippen molar-refractivity contribution in [3.63, 3.8) is 0 Å². The molecule has 2 rings (SSSR count). The molecule has 0 unspecified atom stereocenters.